The fourth-order valence-corrected chi connectivity index (χ4v) is 1.97. The summed E-state index contributed by atoms with van der Waals surface area (Å²) in [5.74, 6) is 2.18. The topological polar surface area (TPSA) is 83.8 Å². The molecule has 22 heavy (non-hydrogen) atoms. The number of methoxy groups -OCH3 is 1. The van der Waals surface area contributed by atoms with Crippen LogP contribution < -0.4 is 9.47 Å². The quantitative estimate of drug-likeness (QED) is 0.798. The highest BCUT2D eigenvalue weighted by molar-refractivity contribution is 5.64. The summed E-state index contributed by atoms with van der Waals surface area (Å²) in [6.07, 6.45) is 0. The fourth-order valence-electron chi connectivity index (χ4n) is 1.97. The summed E-state index contributed by atoms with van der Waals surface area (Å²) >= 11 is 0. The molecule has 0 atom stereocenters. The molecule has 0 aliphatic rings. The van der Waals surface area contributed by atoms with Crippen molar-refractivity contribution in [3.63, 3.8) is 0 Å². The molecule has 0 saturated carbocycles. The average molecular weight is 292 g/mol. The van der Waals surface area contributed by atoms with E-state index in [4.69, 9.17) is 14.7 Å². The van der Waals surface area contributed by atoms with Gasteiger partial charge in [0, 0.05) is 5.56 Å². The SMILES string of the molecule is COc1ccc(Oc2ccc(-c3n[nH]nc3C#N)cc2)cc1. The molecule has 0 bridgehead atoms. The Morgan fingerprint density at radius 2 is 1.50 bits per heavy atom. The molecule has 0 saturated heterocycles. The van der Waals surface area contributed by atoms with Gasteiger partial charge >= 0.3 is 0 Å². The molecule has 0 fully saturated rings. The van der Waals surface area contributed by atoms with E-state index < -0.39 is 0 Å². The van der Waals surface area contributed by atoms with Crippen molar-refractivity contribution in [3.8, 4) is 34.6 Å². The van der Waals surface area contributed by atoms with Crippen molar-refractivity contribution in [1.29, 1.82) is 5.26 Å². The van der Waals surface area contributed by atoms with Gasteiger partial charge in [0.1, 0.15) is 29.0 Å². The Morgan fingerprint density at radius 1 is 0.909 bits per heavy atom. The van der Waals surface area contributed by atoms with Gasteiger partial charge in [-0.3, -0.25) is 0 Å². The maximum atomic E-state index is 8.95. The van der Waals surface area contributed by atoms with Gasteiger partial charge in [0.2, 0.25) is 0 Å². The van der Waals surface area contributed by atoms with Crippen LogP contribution in [0.3, 0.4) is 0 Å². The Bertz CT molecular complexity index is 801. The third-order valence-corrected chi connectivity index (χ3v) is 3.08. The minimum Gasteiger partial charge on any atom is -0.497 e. The second-order valence-corrected chi connectivity index (χ2v) is 4.43. The number of nitriles is 1. The molecule has 2 aromatic carbocycles. The highest BCUT2D eigenvalue weighted by atomic mass is 16.5. The number of hydrogen-bond acceptors (Lipinski definition) is 5. The number of aromatic amines is 1. The largest absolute Gasteiger partial charge is 0.497 e. The normalized spacial score (nSPS) is 10.0. The van der Waals surface area contributed by atoms with E-state index in [1.54, 1.807) is 7.11 Å². The lowest BCUT2D eigenvalue weighted by Gasteiger charge is -2.07. The lowest BCUT2D eigenvalue weighted by atomic mass is 10.1. The van der Waals surface area contributed by atoms with E-state index in [0.29, 0.717) is 17.2 Å². The molecule has 0 radical (unpaired) electrons. The first-order valence-corrected chi connectivity index (χ1v) is 6.53. The monoisotopic (exact) mass is 292 g/mol. The third kappa shape index (κ3) is 2.74. The predicted octanol–water partition coefficient (Wildman–Crippen LogP) is 3.14. The first-order chi connectivity index (χ1) is 10.8. The van der Waals surface area contributed by atoms with Crippen LogP contribution in [0, 0.1) is 11.3 Å². The maximum Gasteiger partial charge on any atom is 0.190 e. The Morgan fingerprint density at radius 3 is 2.09 bits per heavy atom. The molecular weight excluding hydrogens is 280 g/mol. The molecule has 0 unspecified atom stereocenters. The molecule has 6 nitrogen and oxygen atoms in total. The van der Waals surface area contributed by atoms with Gasteiger partial charge in [-0.1, -0.05) is 0 Å². The Hall–Kier alpha value is -3.33. The maximum absolute atomic E-state index is 8.95. The Labute approximate surface area is 126 Å². The minimum atomic E-state index is 0.267. The Kier molecular flexibility index (Phi) is 3.70. The second kappa shape index (κ2) is 5.97. The van der Waals surface area contributed by atoms with E-state index in [2.05, 4.69) is 15.4 Å². The van der Waals surface area contributed by atoms with Crippen LogP contribution in [0.5, 0.6) is 17.2 Å². The highest BCUT2D eigenvalue weighted by Crippen LogP contribution is 2.26. The standard InChI is InChI=1S/C16H12N4O2/c1-21-12-6-8-14(9-7-12)22-13-4-2-11(3-5-13)16-15(10-17)18-20-19-16/h2-9H,1H3,(H,18,19,20). The summed E-state index contributed by atoms with van der Waals surface area (Å²) in [5.41, 5.74) is 1.59. The van der Waals surface area contributed by atoms with Crippen LogP contribution in [0.4, 0.5) is 0 Å². The molecule has 0 spiro atoms. The summed E-state index contributed by atoms with van der Waals surface area (Å²) in [7, 11) is 1.62. The van der Waals surface area contributed by atoms with Gasteiger partial charge in [0.15, 0.2) is 5.69 Å². The van der Waals surface area contributed by atoms with E-state index in [0.717, 1.165) is 11.3 Å². The highest BCUT2D eigenvalue weighted by Gasteiger charge is 2.09. The van der Waals surface area contributed by atoms with E-state index in [1.165, 1.54) is 0 Å². The van der Waals surface area contributed by atoms with Gasteiger partial charge in [-0.15, -0.1) is 5.10 Å². The lowest BCUT2D eigenvalue weighted by Crippen LogP contribution is -1.87. The fraction of sp³-hybridized carbons (Fsp3) is 0.0625. The van der Waals surface area contributed by atoms with Gasteiger partial charge in [-0.25, -0.2) is 0 Å². The summed E-state index contributed by atoms with van der Waals surface area (Å²) in [5, 5.41) is 19.2. The van der Waals surface area contributed by atoms with Crippen LogP contribution in [-0.4, -0.2) is 22.5 Å². The molecule has 1 aromatic heterocycles. The van der Waals surface area contributed by atoms with Crippen molar-refractivity contribution >= 4 is 0 Å². The first-order valence-electron chi connectivity index (χ1n) is 6.53. The third-order valence-electron chi connectivity index (χ3n) is 3.08. The van der Waals surface area contributed by atoms with E-state index in [9.17, 15) is 0 Å². The number of nitrogens with zero attached hydrogens (tertiary/aromatic N) is 3. The number of hydrogen-bond donors (Lipinski definition) is 1. The zero-order valence-corrected chi connectivity index (χ0v) is 11.8. The van der Waals surface area contributed by atoms with Crippen LogP contribution in [0.2, 0.25) is 0 Å². The molecule has 3 rings (SSSR count). The second-order valence-electron chi connectivity index (χ2n) is 4.43. The summed E-state index contributed by atoms with van der Waals surface area (Å²) in [4.78, 5) is 0. The van der Waals surface area contributed by atoms with E-state index in [1.807, 2.05) is 54.6 Å². The zero-order chi connectivity index (χ0) is 15.4. The number of benzene rings is 2. The van der Waals surface area contributed by atoms with Gasteiger partial charge in [0.25, 0.3) is 0 Å². The molecule has 1 heterocycles. The van der Waals surface area contributed by atoms with Crippen molar-refractivity contribution in [2.45, 2.75) is 0 Å². The molecule has 0 aliphatic carbocycles. The number of nitrogens with one attached hydrogen (secondary N) is 1. The average Bonchev–Trinajstić information content (AvgIpc) is 3.05. The van der Waals surface area contributed by atoms with Gasteiger partial charge in [-0.05, 0) is 48.5 Å². The van der Waals surface area contributed by atoms with E-state index >= 15 is 0 Å². The smallest absolute Gasteiger partial charge is 0.190 e. The van der Waals surface area contributed by atoms with Crippen LogP contribution in [0.15, 0.2) is 48.5 Å². The molecule has 108 valence electrons. The number of aromatic nitrogens is 3. The van der Waals surface area contributed by atoms with Gasteiger partial charge < -0.3 is 9.47 Å². The predicted molar refractivity (Wildman–Crippen MR) is 79.6 cm³/mol. The van der Waals surface area contributed by atoms with Crippen molar-refractivity contribution in [2.75, 3.05) is 7.11 Å². The number of rotatable bonds is 4. The van der Waals surface area contributed by atoms with Crippen molar-refractivity contribution < 1.29 is 9.47 Å². The van der Waals surface area contributed by atoms with Crippen LogP contribution in [0.25, 0.3) is 11.3 Å². The van der Waals surface area contributed by atoms with Gasteiger partial charge in [0.05, 0.1) is 7.11 Å². The van der Waals surface area contributed by atoms with Crippen molar-refractivity contribution in [3.05, 3.63) is 54.2 Å². The van der Waals surface area contributed by atoms with Gasteiger partial charge in [-0.2, -0.15) is 15.6 Å². The molecule has 0 amide bonds. The zero-order valence-electron chi connectivity index (χ0n) is 11.8. The number of ether oxygens (including phenoxy) is 2. The summed E-state index contributed by atoms with van der Waals surface area (Å²) in [6.45, 7) is 0. The van der Waals surface area contributed by atoms with Crippen LogP contribution >= 0.6 is 0 Å². The molecule has 0 aliphatic heterocycles. The lowest BCUT2D eigenvalue weighted by molar-refractivity contribution is 0.413. The molecular formula is C16H12N4O2. The minimum absolute atomic E-state index is 0.267. The summed E-state index contributed by atoms with van der Waals surface area (Å²) in [6, 6.07) is 16.6. The molecule has 1 N–H and O–H groups in total. The molecule has 6 heteroatoms. The van der Waals surface area contributed by atoms with E-state index in [-0.39, 0.29) is 5.69 Å². The summed E-state index contributed by atoms with van der Waals surface area (Å²) < 4.78 is 10.8. The Balaban J connectivity index is 1.78. The van der Waals surface area contributed by atoms with Crippen molar-refractivity contribution in [1.82, 2.24) is 15.4 Å². The van der Waals surface area contributed by atoms with Crippen LogP contribution in [-0.2, 0) is 0 Å². The number of H-pyrrole nitrogens is 1. The molecule has 3 aromatic rings. The first kappa shape index (κ1) is 13.6. The van der Waals surface area contributed by atoms with Crippen molar-refractivity contribution in [2.24, 2.45) is 0 Å². The van der Waals surface area contributed by atoms with Crippen LogP contribution in [0.1, 0.15) is 5.69 Å².